The highest BCUT2D eigenvalue weighted by atomic mass is 19.1. The molecule has 10 heteroatoms. The van der Waals surface area contributed by atoms with Gasteiger partial charge in [-0.05, 0) is 30.2 Å². The van der Waals surface area contributed by atoms with Crippen LogP contribution in [0.25, 0.3) is 22.0 Å². The number of halogens is 1. The van der Waals surface area contributed by atoms with E-state index in [1.54, 1.807) is 23.1 Å². The predicted octanol–water partition coefficient (Wildman–Crippen LogP) is 3.14. The summed E-state index contributed by atoms with van der Waals surface area (Å²) in [5.41, 5.74) is 3.33. The average molecular weight is 506 g/mol. The number of morpholine rings is 1. The van der Waals surface area contributed by atoms with Gasteiger partial charge >= 0.3 is 0 Å². The molecule has 3 atom stereocenters. The van der Waals surface area contributed by atoms with Crippen LogP contribution < -0.4 is 15.2 Å². The van der Waals surface area contributed by atoms with Gasteiger partial charge in [0.25, 0.3) is 5.56 Å². The molecular formula is C27H28FN5O4. The Morgan fingerprint density at radius 1 is 1.16 bits per heavy atom. The van der Waals surface area contributed by atoms with Crippen molar-refractivity contribution in [3.8, 4) is 16.9 Å². The molecule has 0 amide bonds. The molecule has 2 aliphatic rings. The Labute approximate surface area is 212 Å². The second-order valence-electron chi connectivity index (χ2n) is 9.40. The zero-order valence-electron chi connectivity index (χ0n) is 20.5. The zero-order chi connectivity index (χ0) is 25.5. The molecule has 6 rings (SSSR count). The van der Waals surface area contributed by atoms with E-state index in [9.17, 15) is 14.3 Å². The number of ether oxygens (including phenoxy) is 2. The second-order valence-corrected chi connectivity index (χ2v) is 9.40. The van der Waals surface area contributed by atoms with Crippen LogP contribution in [0.5, 0.6) is 5.75 Å². The van der Waals surface area contributed by atoms with Crippen LogP contribution in [-0.4, -0.2) is 63.2 Å². The molecule has 2 aromatic heterocycles. The van der Waals surface area contributed by atoms with Gasteiger partial charge in [0.2, 0.25) is 12.3 Å². The third-order valence-electron chi connectivity index (χ3n) is 7.04. The summed E-state index contributed by atoms with van der Waals surface area (Å²) in [4.78, 5) is 24.3. The summed E-state index contributed by atoms with van der Waals surface area (Å²) >= 11 is 0. The lowest BCUT2D eigenvalue weighted by molar-refractivity contribution is 0.00314. The third kappa shape index (κ3) is 4.25. The number of para-hydroxylation sites is 1. The molecule has 0 bridgehead atoms. The van der Waals surface area contributed by atoms with Crippen LogP contribution >= 0.6 is 0 Å². The van der Waals surface area contributed by atoms with Crippen LogP contribution in [0.2, 0.25) is 0 Å². The van der Waals surface area contributed by atoms with Gasteiger partial charge in [0, 0.05) is 50.1 Å². The summed E-state index contributed by atoms with van der Waals surface area (Å²) in [5, 5.41) is 10.0. The lowest BCUT2D eigenvalue weighted by Gasteiger charge is -2.31. The van der Waals surface area contributed by atoms with Crippen molar-refractivity contribution in [1.82, 2.24) is 19.3 Å². The number of hydrogen-bond donors (Lipinski definition) is 1. The molecule has 1 unspecified atom stereocenters. The molecule has 9 nitrogen and oxygen atoms in total. The molecule has 2 aliphatic heterocycles. The fraction of sp³-hybridized carbons (Fsp3) is 0.370. The molecule has 1 fully saturated rings. The number of benzene rings is 2. The lowest BCUT2D eigenvalue weighted by Crippen LogP contribution is -2.44. The largest absolute Gasteiger partial charge is 0.460 e. The van der Waals surface area contributed by atoms with Crippen LogP contribution in [0.15, 0.2) is 59.7 Å². The van der Waals surface area contributed by atoms with E-state index >= 15 is 0 Å². The van der Waals surface area contributed by atoms with E-state index in [0.29, 0.717) is 49.7 Å². The van der Waals surface area contributed by atoms with Crippen molar-refractivity contribution in [1.29, 1.82) is 0 Å². The quantitative estimate of drug-likeness (QED) is 0.430. The molecule has 4 heterocycles. The Balaban J connectivity index is 1.36. The van der Waals surface area contributed by atoms with Crippen LogP contribution in [0.3, 0.4) is 0 Å². The van der Waals surface area contributed by atoms with E-state index in [0.717, 1.165) is 22.2 Å². The third-order valence-corrected chi connectivity index (χ3v) is 7.04. The zero-order valence-corrected chi connectivity index (χ0v) is 20.5. The number of aliphatic hydroxyl groups excluding tert-OH is 1. The monoisotopic (exact) mass is 505 g/mol. The Kier molecular flexibility index (Phi) is 6.13. The van der Waals surface area contributed by atoms with Gasteiger partial charge in [-0.2, -0.15) is 0 Å². The Hall–Kier alpha value is -3.76. The van der Waals surface area contributed by atoms with Crippen LogP contribution in [-0.2, 0) is 11.3 Å². The van der Waals surface area contributed by atoms with Gasteiger partial charge in [0.1, 0.15) is 5.75 Å². The molecule has 0 aliphatic carbocycles. The van der Waals surface area contributed by atoms with Gasteiger partial charge in [-0.3, -0.25) is 9.48 Å². The highest BCUT2D eigenvalue weighted by Crippen LogP contribution is 2.37. The van der Waals surface area contributed by atoms with Crippen LogP contribution in [0.4, 0.5) is 10.3 Å². The predicted molar refractivity (Wildman–Crippen MR) is 137 cm³/mol. The van der Waals surface area contributed by atoms with Gasteiger partial charge in [-0.25, -0.2) is 19.0 Å². The SMILES string of the molecule is CC(F)Oc1ccccc1[C@H]1CCn2c(=O)c3ccc(-c4cnc(N5CCO[C@H](CO)C5)nc4)cc3n21. The van der Waals surface area contributed by atoms with Crippen molar-refractivity contribution in [3.63, 3.8) is 0 Å². The van der Waals surface area contributed by atoms with Gasteiger partial charge in [-0.1, -0.05) is 24.3 Å². The molecule has 2 aromatic carbocycles. The van der Waals surface area contributed by atoms with E-state index in [-0.39, 0.29) is 24.3 Å². The average Bonchev–Trinajstić information content (AvgIpc) is 3.48. The molecule has 0 spiro atoms. The first-order valence-corrected chi connectivity index (χ1v) is 12.5. The maximum atomic E-state index is 13.7. The highest BCUT2D eigenvalue weighted by Gasteiger charge is 2.30. The van der Waals surface area contributed by atoms with Crippen molar-refractivity contribution >= 4 is 16.9 Å². The number of alkyl halides is 1. The highest BCUT2D eigenvalue weighted by molar-refractivity contribution is 5.84. The van der Waals surface area contributed by atoms with Gasteiger partial charge in [0.05, 0.1) is 36.3 Å². The summed E-state index contributed by atoms with van der Waals surface area (Å²) in [6, 6.07) is 13.0. The second kappa shape index (κ2) is 9.60. The minimum atomic E-state index is -1.44. The summed E-state index contributed by atoms with van der Waals surface area (Å²) in [6.45, 7) is 3.60. The molecule has 0 radical (unpaired) electrons. The van der Waals surface area contributed by atoms with E-state index < -0.39 is 6.36 Å². The molecule has 37 heavy (non-hydrogen) atoms. The minimum Gasteiger partial charge on any atom is -0.460 e. The number of aliphatic hydroxyl groups is 1. The number of anilines is 1. The Bertz CT molecular complexity index is 1480. The van der Waals surface area contributed by atoms with Crippen LogP contribution in [0, 0.1) is 0 Å². The number of hydrogen-bond acceptors (Lipinski definition) is 7. The summed E-state index contributed by atoms with van der Waals surface area (Å²) in [5.74, 6) is 1.07. The maximum absolute atomic E-state index is 13.7. The molecule has 1 N–H and O–H groups in total. The molecule has 1 saturated heterocycles. The van der Waals surface area contributed by atoms with E-state index in [2.05, 4.69) is 9.97 Å². The number of fused-ring (bicyclic) bond motifs is 3. The molecule has 4 aromatic rings. The Morgan fingerprint density at radius 2 is 1.97 bits per heavy atom. The first kappa shape index (κ1) is 23.6. The van der Waals surface area contributed by atoms with Crippen LogP contribution in [0.1, 0.15) is 24.9 Å². The molecule has 192 valence electrons. The summed E-state index contributed by atoms with van der Waals surface area (Å²) in [6.07, 6.45) is 2.58. The molecular weight excluding hydrogens is 477 g/mol. The van der Waals surface area contributed by atoms with E-state index in [4.69, 9.17) is 9.47 Å². The van der Waals surface area contributed by atoms with Crippen molar-refractivity contribution in [3.05, 3.63) is 70.8 Å². The summed E-state index contributed by atoms with van der Waals surface area (Å²) in [7, 11) is 0. The number of rotatable bonds is 6. The van der Waals surface area contributed by atoms with Crippen molar-refractivity contribution < 1.29 is 19.0 Å². The smallest absolute Gasteiger partial charge is 0.274 e. The fourth-order valence-corrected chi connectivity index (χ4v) is 5.33. The summed E-state index contributed by atoms with van der Waals surface area (Å²) < 4.78 is 28.4. The standard InChI is InChI=1S/C27H28FN5O4/c1-17(28)37-25-5-3-2-4-21(25)23-8-9-32-26(35)22-7-6-18(12-24(22)33(23)32)19-13-29-27(30-14-19)31-10-11-36-20(15-31)16-34/h2-7,12-14,17,20,23,34H,8-11,15-16H2,1H3/t17?,20-,23+/m0/s1. The van der Waals surface area contributed by atoms with Gasteiger partial charge in [-0.15, -0.1) is 0 Å². The first-order chi connectivity index (χ1) is 18.0. The maximum Gasteiger partial charge on any atom is 0.274 e. The lowest BCUT2D eigenvalue weighted by atomic mass is 10.0. The van der Waals surface area contributed by atoms with E-state index in [1.165, 1.54) is 6.92 Å². The molecule has 0 saturated carbocycles. The first-order valence-electron chi connectivity index (χ1n) is 12.5. The van der Waals surface area contributed by atoms with Gasteiger partial charge in [0.15, 0.2) is 0 Å². The normalized spacial score (nSPS) is 20.2. The number of aromatic nitrogens is 4. The van der Waals surface area contributed by atoms with E-state index in [1.807, 2.05) is 46.0 Å². The Morgan fingerprint density at radius 3 is 2.76 bits per heavy atom. The van der Waals surface area contributed by atoms with Crippen molar-refractivity contribution in [2.24, 2.45) is 0 Å². The van der Waals surface area contributed by atoms with Crippen molar-refractivity contribution in [2.75, 3.05) is 31.2 Å². The number of nitrogens with zero attached hydrogens (tertiary/aromatic N) is 5. The fourth-order valence-electron chi connectivity index (χ4n) is 5.33. The van der Waals surface area contributed by atoms with Gasteiger partial charge < -0.3 is 19.5 Å². The topological polar surface area (TPSA) is 94.6 Å². The minimum absolute atomic E-state index is 0.0413. The van der Waals surface area contributed by atoms with Crippen molar-refractivity contribution in [2.45, 2.75) is 38.4 Å².